The van der Waals surface area contributed by atoms with Gasteiger partial charge in [0, 0.05) is 11.5 Å². The molecule has 0 bridgehead atoms. The van der Waals surface area contributed by atoms with Crippen molar-refractivity contribution < 1.29 is 9.53 Å². The van der Waals surface area contributed by atoms with E-state index in [1.807, 2.05) is 19.1 Å². The molecule has 0 radical (unpaired) electrons. The second kappa shape index (κ2) is 9.57. The highest BCUT2D eigenvalue weighted by molar-refractivity contribution is 5.91. The van der Waals surface area contributed by atoms with Gasteiger partial charge in [-0.2, -0.15) is 0 Å². The second-order valence-corrected chi connectivity index (χ2v) is 5.53. The maximum atomic E-state index is 11.3. The Bertz CT molecular complexity index is 366. The second-order valence-electron chi connectivity index (χ2n) is 5.53. The molecule has 1 rings (SSSR count). The van der Waals surface area contributed by atoms with E-state index in [-0.39, 0.29) is 18.0 Å². The highest BCUT2D eigenvalue weighted by Crippen LogP contribution is 2.27. The van der Waals surface area contributed by atoms with Crippen molar-refractivity contribution in [2.75, 3.05) is 0 Å². The quantitative estimate of drug-likeness (QED) is 0.257. The fraction of sp³-hybridized carbons (Fsp3) is 0.611. The lowest BCUT2D eigenvalue weighted by molar-refractivity contribution is -0.138. The van der Waals surface area contributed by atoms with Crippen molar-refractivity contribution in [3.8, 4) is 0 Å². The molecule has 2 heteroatoms. The summed E-state index contributed by atoms with van der Waals surface area (Å²) < 4.78 is 5.11. The number of carbonyl (C=O) groups excluding carboxylic acids is 1. The predicted molar refractivity (Wildman–Crippen MR) is 84.5 cm³/mol. The SMILES string of the molecule is C=C1C(=O)O[C@@H](C)[C@@H]1/C=C/C=C/CCCCCCCC. The molecule has 1 heterocycles. The zero-order valence-corrected chi connectivity index (χ0v) is 12.9. The first-order valence-corrected chi connectivity index (χ1v) is 7.90. The minimum Gasteiger partial charge on any atom is -0.458 e. The van der Waals surface area contributed by atoms with Crippen LogP contribution in [0.5, 0.6) is 0 Å². The minimum absolute atomic E-state index is 0.0289. The van der Waals surface area contributed by atoms with E-state index < -0.39 is 0 Å². The smallest absolute Gasteiger partial charge is 0.334 e. The average Bonchev–Trinajstić information content (AvgIpc) is 2.67. The number of hydrogen-bond acceptors (Lipinski definition) is 2. The van der Waals surface area contributed by atoms with E-state index >= 15 is 0 Å². The van der Waals surface area contributed by atoms with Gasteiger partial charge in [-0.05, 0) is 19.8 Å². The number of esters is 1. The molecule has 0 spiro atoms. The molecule has 0 amide bonds. The molecule has 0 unspecified atom stereocenters. The van der Waals surface area contributed by atoms with Crippen LogP contribution >= 0.6 is 0 Å². The molecular formula is C18H28O2. The molecule has 1 saturated heterocycles. The Hall–Kier alpha value is -1.31. The number of ether oxygens (including phenoxy) is 1. The molecular weight excluding hydrogens is 248 g/mol. The third-order valence-corrected chi connectivity index (χ3v) is 3.75. The van der Waals surface area contributed by atoms with Crippen LogP contribution in [0.25, 0.3) is 0 Å². The van der Waals surface area contributed by atoms with Crippen LogP contribution in [0.4, 0.5) is 0 Å². The number of unbranched alkanes of at least 4 members (excludes halogenated alkanes) is 6. The van der Waals surface area contributed by atoms with Gasteiger partial charge in [-0.25, -0.2) is 4.79 Å². The summed E-state index contributed by atoms with van der Waals surface area (Å²) in [6, 6.07) is 0. The summed E-state index contributed by atoms with van der Waals surface area (Å²) in [5, 5.41) is 0. The average molecular weight is 276 g/mol. The van der Waals surface area contributed by atoms with E-state index in [0.29, 0.717) is 5.57 Å². The number of hydrogen-bond donors (Lipinski definition) is 0. The third kappa shape index (κ3) is 5.77. The van der Waals surface area contributed by atoms with Crippen LogP contribution in [0.1, 0.15) is 58.8 Å². The lowest BCUT2D eigenvalue weighted by Gasteiger charge is -2.06. The molecule has 0 saturated carbocycles. The standard InChI is InChI=1S/C18H28O2/c1-4-5-6-7-8-9-10-11-12-13-14-17-15(2)18(19)20-16(17)3/h11-14,16-17H,2,4-10H2,1,3H3/b12-11+,14-13+/t16-,17+/m0/s1. The molecule has 0 N–H and O–H groups in total. The first-order chi connectivity index (χ1) is 9.66. The molecule has 1 aliphatic heterocycles. The summed E-state index contributed by atoms with van der Waals surface area (Å²) in [6.07, 6.45) is 17.3. The zero-order valence-electron chi connectivity index (χ0n) is 12.9. The fourth-order valence-electron chi connectivity index (χ4n) is 2.41. The molecule has 112 valence electrons. The van der Waals surface area contributed by atoms with Crippen molar-refractivity contribution in [3.63, 3.8) is 0 Å². The Morgan fingerprint density at radius 2 is 1.85 bits per heavy atom. The van der Waals surface area contributed by atoms with E-state index in [9.17, 15) is 4.79 Å². The summed E-state index contributed by atoms with van der Waals surface area (Å²) in [6.45, 7) is 7.93. The highest BCUT2D eigenvalue weighted by Gasteiger charge is 2.33. The van der Waals surface area contributed by atoms with E-state index in [1.165, 1.54) is 38.5 Å². The molecule has 2 atom stereocenters. The molecule has 20 heavy (non-hydrogen) atoms. The van der Waals surface area contributed by atoms with Crippen LogP contribution in [-0.4, -0.2) is 12.1 Å². The first kappa shape index (κ1) is 16.7. The van der Waals surface area contributed by atoms with Crippen molar-refractivity contribution in [3.05, 3.63) is 36.5 Å². The number of carbonyl (C=O) groups is 1. The van der Waals surface area contributed by atoms with Gasteiger partial charge in [-0.3, -0.25) is 0 Å². The van der Waals surface area contributed by atoms with Crippen molar-refractivity contribution in [2.24, 2.45) is 5.92 Å². The van der Waals surface area contributed by atoms with Crippen LogP contribution in [0, 0.1) is 5.92 Å². The third-order valence-electron chi connectivity index (χ3n) is 3.75. The number of cyclic esters (lactones) is 1. The van der Waals surface area contributed by atoms with Crippen molar-refractivity contribution >= 4 is 5.97 Å². The Kier molecular flexibility index (Phi) is 8.01. The summed E-state index contributed by atoms with van der Waals surface area (Å²) in [7, 11) is 0. The van der Waals surface area contributed by atoms with Crippen molar-refractivity contribution in [1.82, 2.24) is 0 Å². The molecule has 1 fully saturated rings. The Morgan fingerprint density at radius 1 is 1.15 bits per heavy atom. The Labute approximate surface area is 123 Å². The van der Waals surface area contributed by atoms with Crippen LogP contribution in [0.15, 0.2) is 36.5 Å². The van der Waals surface area contributed by atoms with E-state index in [1.54, 1.807) is 0 Å². The molecule has 0 aromatic carbocycles. The van der Waals surface area contributed by atoms with Gasteiger partial charge in [-0.1, -0.05) is 69.9 Å². The van der Waals surface area contributed by atoms with Crippen molar-refractivity contribution in [1.29, 1.82) is 0 Å². The predicted octanol–water partition coefficient (Wildman–Crippen LogP) is 4.97. The van der Waals surface area contributed by atoms with Crippen molar-refractivity contribution in [2.45, 2.75) is 64.9 Å². The summed E-state index contributed by atoms with van der Waals surface area (Å²) >= 11 is 0. The van der Waals surface area contributed by atoms with Crippen LogP contribution in [0.3, 0.4) is 0 Å². The molecule has 2 nitrogen and oxygen atoms in total. The highest BCUT2D eigenvalue weighted by atomic mass is 16.5. The minimum atomic E-state index is -0.261. The van der Waals surface area contributed by atoms with Gasteiger partial charge in [0.15, 0.2) is 0 Å². The van der Waals surface area contributed by atoms with Gasteiger partial charge in [-0.15, -0.1) is 0 Å². The number of allylic oxidation sites excluding steroid dienone is 3. The van der Waals surface area contributed by atoms with Gasteiger partial charge in [0.2, 0.25) is 0 Å². The van der Waals surface area contributed by atoms with Crippen LogP contribution < -0.4 is 0 Å². The largest absolute Gasteiger partial charge is 0.458 e. The lowest BCUT2D eigenvalue weighted by Crippen LogP contribution is -2.08. The molecule has 0 aromatic rings. The van der Waals surface area contributed by atoms with Crippen LogP contribution in [-0.2, 0) is 9.53 Å². The van der Waals surface area contributed by atoms with Gasteiger partial charge in [0.25, 0.3) is 0 Å². The Morgan fingerprint density at radius 3 is 2.50 bits per heavy atom. The summed E-state index contributed by atoms with van der Waals surface area (Å²) in [4.78, 5) is 11.3. The molecule has 0 aliphatic carbocycles. The van der Waals surface area contributed by atoms with E-state index in [4.69, 9.17) is 4.74 Å². The van der Waals surface area contributed by atoms with Gasteiger partial charge < -0.3 is 4.74 Å². The summed E-state index contributed by atoms with van der Waals surface area (Å²) in [5.74, 6) is -0.232. The zero-order chi connectivity index (χ0) is 14.8. The molecule has 1 aliphatic rings. The van der Waals surface area contributed by atoms with Crippen LogP contribution in [0.2, 0.25) is 0 Å². The Balaban J connectivity index is 2.13. The number of rotatable bonds is 9. The maximum absolute atomic E-state index is 11.3. The monoisotopic (exact) mass is 276 g/mol. The van der Waals surface area contributed by atoms with E-state index in [2.05, 4.69) is 25.7 Å². The first-order valence-electron chi connectivity index (χ1n) is 7.90. The topological polar surface area (TPSA) is 26.3 Å². The maximum Gasteiger partial charge on any atom is 0.334 e. The summed E-state index contributed by atoms with van der Waals surface area (Å²) in [5.41, 5.74) is 0.568. The normalized spacial score (nSPS) is 23.1. The molecule has 0 aromatic heterocycles. The fourth-order valence-corrected chi connectivity index (χ4v) is 2.41. The van der Waals surface area contributed by atoms with Gasteiger partial charge >= 0.3 is 5.97 Å². The van der Waals surface area contributed by atoms with E-state index in [0.717, 1.165) is 6.42 Å². The van der Waals surface area contributed by atoms with Gasteiger partial charge in [0.1, 0.15) is 6.10 Å². The lowest BCUT2D eigenvalue weighted by atomic mass is 9.98. The van der Waals surface area contributed by atoms with Gasteiger partial charge in [0.05, 0.1) is 0 Å².